The minimum absolute atomic E-state index is 0.0606. The second kappa shape index (κ2) is 5.93. The van der Waals surface area contributed by atoms with Crippen molar-refractivity contribution in [3.8, 4) is 0 Å². The fourth-order valence-corrected chi connectivity index (χ4v) is 2.78. The van der Waals surface area contributed by atoms with E-state index in [9.17, 15) is 4.79 Å². The maximum absolute atomic E-state index is 12.3. The molecule has 0 aliphatic carbocycles. The van der Waals surface area contributed by atoms with Crippen LogP contribution in [0.2, 0.25) is 0 Å². The Hall–Kier alpha value is -1.40. The number of rotatable bonds is 4. The Morgan fingerprint density at radius 2 is 2.25 bits per heavy atom. The van der Waals surface area contributed by atoms with Gasteiger partial charge in [-0.2, -0.15) is 5.10 Å². The lowest BCUT2D eigenvalue weighted by atomic mass is 10.1. The Bertz CT molecular complexity index is 462. The van der Waals surface area contributed by atoms with Crippen molar-refractivity contribution in [3.63, 3.8) is 0 Å². The molecule has 2 rings (SSSR count). The van der Waals surface area contributed by atoms with Gasteiger partial charge in [-0.15, -0.1) is 0 Å². The molecule has 20 heavy (non-hydrogen) atoms. The van der Waals surface area contributed by atoms with Gasteiger partial charge in [0.15, 0.2) is 0 Å². The van der Waals surface area contributed by atoms with Crippen LogP contribution in [0.15, 0.2) is 0 Å². The van der Waals surface area contributed by atoms with Crippen molar-refractivity contribution >= 4 is 5.91 Å². The summed E-state index contributed by atoms with van der Waals surface area (Å²) < 4.78 is 0. The smallest absolute Gasteiger partial charge is 0.237 e. The van der Waals surface area contributed by atoms with Gasteiger partial charge in [-0.3, -0.25) is 14.8 Å². The molecule has 1 fully saturated rings. The molecule has 2 heterocycles. The molecule has 1 amide bonds. The number of hydrogen-bond acceptors (Lipinski definition) is 4. The lowest BCUT2D eigenvalue weighted by Gasteiger charge is -2.24. The van der Waals surface area contributed by atoms with Gasteiger partial charge in [-0.1, -0.05) is 0 Å². The van der Waals surface area contributed by atoms with E-state index in [1.165, 1.54) is 5.56 Å². The Labute approximate surface area is 120 Å². The van der Waals surface area contributed by atoms with Crippen molar-refractivity contribution in [2.75, 3.05) is 6.54 Å². The maximum atomic E-state index is 12.3. The SMILES string of the molecule is Cc1n[nH]c(C)c1CN1C[C@H](N)C[C@H]1C(=O)NC(C)C. The molecule has 112 valence electrons. The van der Waals surface area contributed by atoms with Gasteiger partial charge < -0.3 is 11.1 Å². The number of nitrogens with zero attached hydrogens (tertiary/aromatic N) is 2. The molecule has 1 aromatic rings. The number of amides is 1. The van der Waals surface area contributed by atoms with Crippen LogP contribution in [0.1, 0.15) is 37.2 Å². The summed E-state index contributed by atoms with van der Waals surface area (Å²) in [6.45, 7) is 9.41. The largest absolute Gasteiger partial charge is 0.353 e. The molecule has 0 spiro atoms. The fourth-order valence-electron chi connectivity index (χ4n) is 2.78. The lowest BCUT2D eigenvalue weighted by molar-refractivity contribution is -0.126. The van der Waals surface area contributed by atoms with E-state index in [-0.39, 0.29) is 24.0 Å². The highest BCUT2D eigenvalue weighted by Crippen LogP contribution is 2.22. The number of carbonyl (C=O) groups excluding carboxylic acids is 1. The van der Waals surface area contributed by atoms with E-state index in [4.69, 9.17) is 5.73 Å². The number of aromatic amines is 1. The van der Waals surface area contributed by atoms with Crippen LogP contribution in [-0.4, -0.2) is 45.7 Å². The van der Waals surface area contributed by atoms with Crippen LogP contribution in [-0.2, 0) is 11.3 Å². The summed E-state index contributed by atoms with van der Waals surface area (Å²) in [5.74, 6) is 0.0757. The Morgan fingerprint density at radius 3 is 2.80 bits per heavy atom. The summed E-state index contributed by atoms with van der Waals surface area (Å²) in [5.41, 5.74) is 9.26. The highest BCUT2D eigenvalue weighted by atomic mass is 16.2. The first kappa shape index (κ1) is 15.0. The predicted octanol–water partition coefficient (Wildman–Crippen LogP) is 0.453. The minimum Gasteiger partial charge on any atom is -0.353 e. The van der Waals surface area contributed by atoms with Crippen molar-refractivity contribution in [2.45, 2.75) is 58.8 Å². The number of nitrogens with one attached hydrogen (secondary N) is 2. The van der Waals surface area contributed by atoms with Crippen LogP contribution in [0.3, 0.4) is 0 Å². The lowest BCUT2D eigenvalue weighted by Crippen LogP contribution is -2.45. The molecule has 0 unspecified atom stereocenters. The molecule has 0 saturated carbocycles. The van der Waals surface area contributed by atoms with E-state index in [0.717, 1.165) is 24.5 Å². The van der Waals surface area contributed by atoms with E-state index in [2.05, 4.69) is 20.4 Å². The van der Waals surface area contributed by atoms with Crippen LogP contribution in [0, 0.1) is 13.8 Å². The summed E-state index contributed by atoms with van der Waals surface area (Å²) in [6.07, 6.45) is 0.717. The zero-order valence-corrected chi connectivity index (χ0v) is 12.7. The Balaban J connectivity index is 2.10. The summed E-state index contributed by atoms with van der Waals surface area (Å²) in [5, 5.41) is 10.2. The number of aromatic nitrogens is 2. The number of H-pyrrole nitrogens is 1. The second-order valence-corrected chi connectivity index (χ2v) is 6.02. The van der Waals surface area contributed by atoms with E-state index >= 15 is 0 Å². The van der Waals surface area contributed by atoms with Crippen molar-refractivity contribution in [2.24, 2.45) is 5.73 Å². The third-order valence-corrected chi connectivity index (χ3v) is 3.81. The van der Waals surface area contributed by atoms with Gasteiger partial charge in [0.2, 0.25) is 5.91 Å². The van der Waals surface area contributed by atoms with Crippen LogP contribution in [0.5, 0.6) is 0 Å². The van der Waals surface area contributed by atoms with E-state index in [0.29, 0.717) is 6.42 Å². The number of likely N-dealkylation sites (tertiary alicyclic amines) is 1. The van der Waals surface area contributed by atoms with Gasteiger partial charge in [0.05, 0.1) is 11.7 Å². The molecule has 0 radical (unpaired) electrons. The molecule has 6 nitrogen and oxygen atoms in total. The standard InChI is InChI=1S/C14H25N5O/c1-8(2)16-14(20)13-5-11(15)6-19(13)7-12-9(3)17-18-10(12)4/h8,11,13H,5-7,15H2,1-4H3,(H,16,20)(H,17,18)/t11-,13+/m1/s1. The average Bonchev–Trinajstić information content (AvgIpc) is 2.86. The molecule has 4 N–H and O–H groups in total. The molecule has 2 atom stereocenters. The van der Waals surface area contributed by atoms with Crippen molar-refractivity contribution in [1.82, 2.24) is 20.4 Å². The molecule has 1 aliphatic heterocycles. The van der Waals surface area contributed by atoms with Gasteiger partial charge in [0.1, 0.15) is 0 Å². The Morgan fingerprint density at radius 1 is 1.55 bits per heavy atom. The number of nitrogens with two attached hydrogens (primary N) is 1. The maximum Gasteiger partial charge on any atom is 0.237 e. The summed E-state index contributed by atoms with van der Waals surface area (Å²) in [6, 6.07) is 0.0742. The number of carbonyl (C=O) groups is 1. The van der Waals surface area contributed by atoms with E-state index in [1.807, 2.05) is 27.7 Å². The molecule has 6 heteroatoms. The number of aryl methyl sites for hydroxylation is 2. The molecular weight excluding hydrogens is 254 g/mol. The van der Waals surface area contributed by atoms with Crippen LogP contribution >= 0.6 is 0 Å². The third-order valence-electron chi connectivity index (χ3n) is 3.81. The summed E-state index contributed by atoms with van der Waals surface area (Å²) >= 11 is 0. The van der Waals surface area contributed by atoms with Crippen LogP contribution in [0.25, 0.3) is 0 Å². The topological polar surface area (TPSA) is 87.0 Å². The second-order valence-electron chi connectivity index (χ2n) is 6.02. The average molecular weight is 279 g/mol. The van der Waals surface area contributed by atoms with E-state index < -0.39 is 0 Å². The van der Waals surface area contributed by atoms with Crippen molar-refractivity contribution < 1.29 is 4.79 Å². The van der Waals surface area contributed by atoms with Crippen molar-refractivity contribution in [3.05, 3.63) is 17.0 Å². The van der Waals surface area contributed by atoms with Crippen LogP contribution in [0.4, 0.5) is 0 Å². The normalized spacial score (nSPS) is 23.5. The minimum atomic E-state index is -0.138. The predicted molar refractivity (Wildman–Crippen MR) is 78.1 cm³/mol. The molecule has 0 bridgehead atoms. The first-order chi connectivity index (χ1) is 9.38. The van der Waals surface area contributed by atoms with Gasteiger partial charge in [0, 0.05) is 36.4 Å². The van der Waals surface area contributed by atoms with Gasteiger partial charge in [0.25, 0.3) is 0 Å². The molecule has 0 aromatic carbocycles. The van der Waals surface area contributed by atoms with E-state index in [1.54, 1.807) is 0 Å². The quantitative estimate of drug-likeness (QED) is 0.747. The van der Waals surface area contributed by atoms with Gasteiger partial charge >= 0.3 is 0 Å². The highest BCUT2D eigenvalue weighted by Gasteiger charge is 2.35. The zero-order valence-electron chi connectivity index (χ0n) is 12.7. The molecule has 1 saturated heterocycles. The van der Waals surface area contributed by atoms with Crippen molar-refractivity contribution in [1.29, 1.82) is 0 Å². The molecule has 1 aliphatic rings. The summed E-state index contributed by atoms with van der Waals surface area (Å²) in [7, 11) is 0. The first-order valence-corrected chi connectivity index (χ1v) is 7.19. The van der Waals surface area contributed by atoms with Gasteiger partial charge in [-0.25, -0.2) is 0 Å². The monoisotopic (exact) mass is 279 g/mol. The molecular formula is C14H25N5O. The van der Waals surface area contributed by atoms with Crippen LogP contribution < -0.4 is 11.1 Å². The zero-order chi connectivity index (χ0) is 14.9. The molecule has 1 aromatic heterocycles. The highest BCUT2D eigenvalue weighted by molar-refractivity contribution is 5.82. The fraction of sp³-hybridized carbons (Fsp3) is 0.714. The summed E-state index contributed by atoms with van der Waals surface area (Å²) in [4.78, 5) is 14.4. The first-order valence-electron chi connectivity index (χ1n) is 7.19. The Kier molecular flexibility index (Phi) is 4.45. The number of hydrogen-bond donors (Lipinski definition) is 3. The third kappa shape index (κ3) is 3.19. The van der Waals surface area contributed by atoms with Gasteiger partial charge in [-0.05, 0) is 34.1 Å².